The summed E-state index contributed by atoms with van der Waals surface area (Å²) in [4.78, 5) is 22.8. The molecule has 2 rings (SSSR count). The Morgan fingerprint density at radius 3 is 3.05 bits per heavy atom. The molecule has 112 valence electrons. The number of benzene rings is 1. The van der Waals surface area contributed by atoms with Crippen LogP contribution < -0.4 is 10.1 Å². The fraction of sp³-hybridized carbons (Fsp3) is 0.375. The Morgan fingerprint density at radius 2 is 2.29 bits per heavy atom. The average Bonchev–Trinajstić information content (AvgIpc) is 2.92. The quantitative estimate of drug-likeness (QED) is 0.662. The molecule has 0 fully saturated rings. The highest BCUT2D eigenvalue weighted by molar-refractivity contribution is 5.92. The van der Waals surface area contributed by atoms with Crippen molar-refractivity contribution in [2.45, 2.75) is 25.8 Å². The normalized spacial score (nSPS) is 14.4. The number of carbonyl (C=O) groups is 2. The van der Waals surface area contributed by atoms with E-state index >= 15 is 0 Å². The Morgan fingerprint density at radius 1 is 1.48 bits per heavy atom. The number of amides is 1. The smallest absolute Gasteiger partial charge is 0.307 e. The molecule has 1 aromatic carbocycles. The van der Waals surface area contributed by atoms with E-state index in [2.05, 4.69) is 10.1 Å². The number of hydrogen-bond acceptors (Lipinski definition) is 4. The van der Waals surface area contributed by atoms with E-state index in [0.717, 1.165) is 23.3 Å². The first-order valence-corrected chi connectivity index (χ1v) is 6.89. The van der Waals surface area contributed by atoms with E-state index in [9.17, 15) is 9.59 Å². The van der Waals surface area contributed by atoms with Crippen molar-refractivity contribution in [1.29, 1.82) is 0 Å². The molecule has 21 heavy (non-hydrogen) atoms. The van der Waals surface area contributed by atoms with Gasteiger partial charge in [-0.15, -0.1) is 0 Å². The van der Waals surface area contributed by atoms with Gasteiger partial charge in [-0.05, 0) is 36.3 Å². The molecule has 1 amide bonds. The van der Waals surface area contributed by atoms with Crippen LogP contribution in [0.4, 0.5) is 0 Å². The van der Waals surface area contributed by atoms with Gasteiger partial charge in [-0.1, -0.05) is 6.07 Å². The van der Waals surface area contributed by atoms with Crippen LogP contribution >= 0.6 is 0 Å². The van der Waals surface area contributed by atoms with Crippen LogP contribution in [0.25, 0.3) is 6.08 Å². The lowest BCUT2D eigenvalue weighted by Crippen LogP contribution is -2.33. The maximum atomic E-state index is 11.8. The Bertz CT molecular complexity index is 565. The van der Waals surface area contributed by atoms with Crippen molar-refractivity contribution in [3.63, 3.8) is 0 Å². The second-order valence-corrected chi connectivity index (χ2v) is 4.99. The van der Waals surface area contributed by atoms with Gasteiger partial charge in [-0.25, -0.2) is 0 Å². The van der Waals surface area contributed by atoms with E-state index in [1.807, 2.05) is 18.2 Å². The first kappa shape index (κ1) is 15.1. The van der Waals surface area contributed by atoms with Crippen LogP contribution in [0.1, 0.15) is 24.5 Å². The lowest BCUT2D eigenvalue weighted by atomic mass is 10.1. The summed E-state index contributed by atoms with van der Waals surface area (Å²) in [5.74, 6) is 0.344. The first-order valence-electron chi connectivity index (χ1n) is 6.89. The molecule has 5 heteroatoms. The van der Waals surface area contributed by atoms with Crippen molar-refractivity contribution in [2.75, 3.05) is 13.7 Å². The Balaban J connectivity index is 1.88. The molecule has 1 N–H and O–H groups in total. The van der Waals surface area contributed by atoms with Crippen LogP contribution in [0, 0.1) is 0 Å². The minimum absolute atomic E-state index is 0.159. The molecule has 5 nitrogen and oxygen atoms in total. The van der Waals surface area contributed by atoms with Crippen molar-refractivity contribution < 1.29 is 19.1 Å². The fourth-order valence-electron chi connectivity index (χ4n) is 2.16. The topological polar surface area (TPSA) is 64.6 Å². The summed E-state index contributed by atoms with van der Waals surface area (Å²) >= 11 is 0. The van der Waals surface area contributed by atoms with E-state index in [4.69, 9.17) is 4.74 Å². The van der Waals surface area contributed by atoms with Crippen LogP contribution in [0.15, 0.2) is 24.3 Å². The zero-order chi connectivity index (χ0) is 15.2. The number of esters is 1. The minimum atomic E-state index is -0.342. The van der Waals surface area contributed by atoms with Crippen molar-refractivity contribution in [2.24, 2.45) is 0 Å². The summed E-state index contributed by atoms with van der Waals surface area (Å²) in [6, 6.07) is 5.58. The third-order valence-electron chi connectivity index (χ3n) is 3.23. The largest absolute Gasteiger partial charge is 0.493 e. The molecule has 1 aliphatic heterocycles. The number of ether oxygens (including phenoxy) is 2. The molecule has 0 saturated heterocycles. The summed E-state index contributed by atoms with van der Waals surface area (Å²) in [6.07, 6.45) is 4.27. The minimum Gasteiger partial charge on any atom is -0.493 e. The number of nitrogens with one attached hydrogen (secondary N) is 1. The zero-order valence-corrected chi connectivity index (χ0v) is 12.2. The molecule has 1 aromatic rings. The molecule has 1 aliphatic rings. The van der Waals surface area contributed by atoms with Crippen LogP contribution in [0.2, 0.25) is 0 Å². The summed E-state index contributed by atoms with van der Waals surface area (Å²) in [7, 11) is 1.33. The molecule has 0 aliphatic carbocycles. The van der Waals surface area contributed by atoms with Gasteiger partial charge in [0.1, 0.15) is 5.75 Å². The molecule has 1 atom stereocenters. The zero-order valence-electron chi connectivity index (χ0n) is 12.2. The van der Waals surface area contributed by atoms with E-state index in [1.54, 1.807) is 13.0 Å². The third kappa shape index (κ3) is 4.34. The predicted octanol–water partition coefficient (Wildman–Crippen LogP) is 1.70. The highest BCUT2D eigenvalue weighted by Gasteiger charge is 2.12. The van der Waals surface area contributed by atoms with E-state index < -0.39 is 0 Å². The van der Waals surface area contributed by atoms with Gasteiger partial charge in [0, 0.05) is 18.5 Å². The van der Waals surface area contributed by atoms with E-state index in [-0.39, 0.29) is 24.3 Å². The molecule has 0 saturated carbocycles. The van der Waals surface area contributed by atoms with Crippen molar-refractivity contribution in [1.82, 2.24) is 5.32 Å². The summed E-state index contributed by atoms with van der Waals surface area (Å²) in [6.45, 7) is 2.48. The number of fused-ring (bicyclic) bond motifs is 1. The number of carbonyl (C=O) groups excluding carboxylic acids is 2. The molecule has 0 bridgehead atoms. The van der Waals surface area contributed by atoms with Crippen molar-refractivity contribution in [3.8, 4) is 5.75 Å². The van der Waals surface area contributed by atoms with Gasteiger partial charge in [-0.2, -0.15) is 0 Å². The summed E-state index contributed by atoms with van der Waals surface area (Å²) < 4.78 is 9.99. The van der Waals surface area contributed by atoms with Gasteiger partial charge < -0.3 is 14.8 Å². The van der Waals surface area contributed by atoms with Crippen LogP contribution in [0.3, 0.4) is 0 Å². The Kier molecular flexibility index (Phi) is 4.98. The van der Waals surface area contributed by atoms with E-state index in [0.29, 0.717) is 6.61 Å². The standard InChI is InChI=1S/C16H19NO4/c1-11(9-16(19)20-2)17-15(18)6-4-12-3-5-14-13(10-12)7-8-21-14/h3-6,10-11H,7-9H2,1-2H3,(H,17,18)/b6-4+. The van der Waals surface area contributed by atoms with Gasteiger partial charge in [0.05, 0.1) is 20.1 Å². The third-order valence-corrected chi connectivity index (χ3v) is 3.23. The Labute approximate surface area is 123 Å². The second-order valence-electron chi connectivity index (χ2n) is 4.99. The molecule has 0 spiro atoms. The van der Waals surface area contributed by atoms with E-state index in [1.165, 1.54) is 13.2 Å². The van der Waals surface area contributed by atoms with Crippen LogP contribution in [0.5, 0.6) is 5.75 Å². The maximum Gasteiger partial charge on any atom is 0.307 e. The van der Waals surface area contributed by atoms with Crippen molar-refractivity contribution >= 4 is 18.0 Å². The molecular formula is C16H19NO4. The first-order chi connectivity index (χ1) is 10.1. The molecular weight excluding hydrogens is 270 g/mol. The predicted molar refractivity (Wildman–Crippen MR) is 78.9 cm³/mol. The lowest BCUT2D eigenvalue weighted by Gasteiger charge is -2.10. The summed E-state index contributed by atoms with van der Waals surface area (Å²) in [5, 5.41) is 2.72. The second kappa shape index (κ2) is 6.92. The van der Waals surface area contributed by atoms with Crippen LogP contribution in [-0.4, -0.2) is 31.6 Å². The SMILES string of the molecule is COC(=O)CC(C)NC(=O)/C=C/c1ccc2c(c1)CCO2. The van der Waals surface area contributed by atoms with Gasteiger partial charge >= 0.3 is 5.97 Å². The monoisotopic (exact) mass is 289 g/mol. The summed E-state index contributed by atoms with van der Waals surface area (Å²) in [5.41, 5.74) is 2.12. The van der Waals surface area contributed by atoms with Gasteiger partial charge in [0.15, 0.2) is 0 Å². The molecule has 1 unspecified atom stereocenters. The number of rotatable bonds is 5. The van der Waals surface area contributed by atoms with Gasteiger partial charge in [0.2, 0.25) is 5.91 Å². The fourth-order valence-corrected chi connectivity index (χ4v) is 2.16. The molecule has 0 radical (unpaired) electrons. The van der Waals surface area contributed by atoms with Gasteiger partial charge in [-0.3, -0.25) is 9.59 Å². The maximum absolute atomic E-state index is 11.8. The molecule has 1 heterocycles. The Hall–Kier alpha value is -2.30. The highest BCUT2D eigenvalue weighted by Crippen LogP contribution is 2.26. The number of hydrogen-bond donors (Lipinski definition) is 1. The van der Waals surface area contributed by atoms with Crippen molar-refractivity contribution in [3.05, 3.63) is 35.4 Å². The van der Waals surface area contributed by atoms with Crippen LogP contribution in [-0.2, 0) is 20.7 Å². The lowest BCUT2D eigenvalue weighted by molar-refractivity contribution is -0.141. The average molecular weight is 289 g/mol. The van der Waals surface area contributed by atoms with Gasteiger partial charge in [0.25, 0.3) is 0 Å². The number of methoxy groups -OCH3 is 1. The molecule has 0 aromatic heterocycles. The highest BCUT2D eigenvalue weighted by atomic mass is 16.5.